The number of nitrogens with zero attached hydrogens (tertiary/aromatic N) is 3. The largest absolute Gasteiger partial charge is 0.444 e. The van der Waals surface area contributed by atoms with E-state index in [9.17, 15) is 4.79 Å². The number of carbonyl (C=O) groups excluding carboxylic acids is 1. The van der Waals surface area contributed by atoms with Crippen LogP contribution in [0.3, 0.4) is 0 Å². The SMILES string of the molecule is CC(C)(C)OC(=O)N1CCN(CCNC2CCN(c3cccc(-c4cc5ccccc5[nH]4)c3)CC2)CC1. The Kier molecular flexibility index (Phi) is 7.72. The van der Waals surface area contributed by atoms with Gasteiger partial charge < -0.3 is 24.8 Å². The van der Waals surface area contributed by atoms with Crippen molar-refractivity contribution in [3.05, 3.63) is 54.6 Å². The molecule has 2 N–H and O–H groups in total. The number of anilines is 1. The maximum atomic E-state index is 12.3. The first-order chi connectivity index (χ1) is 17.8. The number of aromatic nitrogens is 1. The van der Waals surface area contributed by atoms with Gasteiger partial charge in [0.1, 0.15) is 5.60 Å². The molecule has 2 fully saturated rings. The van der Waals surface area contributed by atoms with Gasteiger partial charge in [0.2, 0.25) is 0 Å². The highest BCUT2D eigenvalue weighted by atomic mass is 16.6. The van der Waals surface area contributed by atoms with Crippen LogP contribution in [0.25, 0.3) is 22.2 Å². The molecule has 0 bridgehead atoms. The van der Waals surface area contributed by atoms with Crippen molar-refractivity contribution in [1.82, 2.24) is 20.1 Å². The van der Waals surface area contributed by atoms with Crippen molar-refractivity contribution in [2.75, 3.05) is 57.3 Å². The third-order valence-corrected chi connectivity index (χ3v) is 7.43. The predicted octanol–water partition coefficient (Wildman–Crippen LogP) is 4.95. The fourth-order valence-corrected chi connectivity index (χ4v) is 5.35. The summed E-state index contributed by atoms with van der Waals surface area (Å²) in [7, 11) is 0. The van der Waals surface area contributed by atoms with Crippen LogP contribution in [0.2, 0.25) is 0 Å². The second-order valence-electron chi connectivity index (χ2n) is 11.3. The molecule has 2 aliphatic rings. The van der Waals surface area contributed by atoms with Gasteiger partial charge in [-0.15, -0.1) is 0 Å². The molecule has 1 amide bonds. The molecule has 0 atom stereocenters. The number of H-pyrrole nitrogens is 1. The van der Waals surface area contributed by atoms with Crippen LogP contribution in [0.4, 0.5) is 10.5 Å². The maximum Gasteiger partial charge on any atom is 0.410 e. The molecule has 0 saturated carbocycles. The van der Waals surface area contributed by atoms with Crippen molar-refractivity contribution in [2.24, 2.45) is 0 Å². The Hall–Kier alpha value is -3.03. The molecule has 7 nitrogen and oxygen atoms in total. The summed E-state index contributed by atoms with van der Waals surface area (Å²) in [4.78, 5) is 22.6. The lowest BCUT2D eigenvalue weighted by Crippen LogP contribution is -2.52. The Bertz CT molecular complexity index is 1150. The summed E-state index contributed by atoms with van der Waals surface area (Å²) in [6.07, 6.45) is 2.12. The van der Waals surface area contributed by atoms with E-state index in [0.29, 0.717) is 6.04 Å². The summed E-state index contributed by atoms with van der Waals surface area (Å²) < 4.78 is 5.51. The van der Waals surface area contributed by atoms with Gasteiger partial charge in [-0.1, -0.05) is 30.3 Å². The highest BCUT2D eigenvalue weighted by Crippen LogP contribution is 2.28. The smallest absolute Gasteiger partial charge is 0.410 e. The minimum atomic E-state index is -0.437. The predicted molar refractivity (Wildman–Crippen MR) is 151 cm³/mol. The topological polar surface area (TPSA) is 63.8 Å². The zero-order valence-electron chi connectivity index (χ0n) is 22.5. The van der Waals surface area contributed by atoms with E-state index in [1.807, 2.05) is 25.7 Å². The standard InChI is InChI=1S/C30H41N5O2/c1-30(2,3)37-29(36)35-19-17-33(18-20-35)16-13-31-25-11-14-34(15-12-25)26-9-6-8-23(21-26)28-22-24-7-4-5-10-27(24)32-28/h4-10,21-22,25,31-32H,11-20H2,1-3H3. The number of aromatic amines is 1. The van der Waals surface area contributed by atoms with Crippen LogP contribution < -0.4 is 10.2 Å². The monoisotopic (exact) mass is 503 g/mol. The lowest BCUT2D eigenvalue weighted by molar-refractivity contribution is 0.0146. The normalized spacial score (nSPS) is 17.9. The Balaban J connectivity index is 1.04. The number of carbonyl (C=O) groups is 1. The van der Waals surface area contributed by atoms with Gasteiger partial charge in [-0.2, -0.15) is 0 Å². The minimum Gasteiger partial charge on any atom is -0.444 e. The number of para-hydroxylation sites is 1. The summed E-state index contributed by atoms with van der Waals surface area (Å²) >= 11 is 0. The Morgan fingerprint density at radius 1 is 0.973 bits per heavy atom. The van der Waals surface area contributed by atoms with Gasteiger partial charge in [0.15, 0.2) is 0 Å². The fourth-order valence-electron chi connectivity index (χ4n) is 5.35. The van der Waals surface area contributed by atoms with Gasteiger partial charge in [-0.25, -0.2) is 4.79 Å². The molecule has 198 valence electrons. The van der Waals surface area contributed by atoms with Crippen molar-refractivity contribution in [3.8, 4) is 11.3 Å². The van der Waals surface area contributed by atoms with E-state index in [0.717, 1.165) is 65.2 Å². The van der Waals surface area contributed by atoms with Gasteiger partial charge in [0.25, 0.3) is 0 Å². The number of hydrogen-bond acceptors (Lipinski definition) is 5. The Labute approximate surface area is 220 Å². The zero-order valence-corrected chi connectivity index (χ0v) is 22.5. The van der Waals surface area contributed by atoms with Crippen LogP contribution in [0.1, 0.15) is 33.6 Å². The molecular weight excluding hydrogens is 462 g/mol. The molecule has 0 aliphatic carbocycles. The number of nitrogens with one attached hydrogen (secondary N) is 2. The van der Waals surface area contributed by atoms with Gasteiger partial charge in [-0.05, 0) is 63.4 Å². The summed E-state index contributed by atoms with van der Waals surface area (Å²) in [5, 5.41) is 5.03. The summed E-state index contributed by atoms with van der Waals surface area (Å²) in [5.74, 6) is 0. The first-order valence-electron chi connectivity index (χ1n) is 13.7. The third kappa shape index (κ3) is 6.65. The summed E-state index contributed by atoms with van der Waals surface area (Å²) in [5.41, 5.74) is 4.46. The van der Waals surface area contributed by atoms with Crippen LogP contribution in [-0.4, -0.2) is 84.9 Å². The van der Waals surface area contributed by atoms with Gasteiger partial charge in [0.05, 0.1) is 0 Å². The molecule has 2 aromatic carbocycles. The van der Waals surface area contributed by atoms with Crippen molar-refractivity contribution in [2.45, 2.75) is 45.3 Å². The van der Waals surface area contributed by atoms with Crippen LogP contribution >= 0.6 is 0 Å². The Morgan fingerprint density at radius 2 is 1.73 bits per heavy atom. The van der Waals surface area contributed by atoms with E-state index in [1.165, 1.54) is 27.8 Å². The first kappa shape index (κ1) is 25.6. The first-order valence-corrected chi connectivity index (χ1v) is 13.7. The number of amides is 1. The number of piperidine rings is 1. The third-order valence-electron chi connectivity index (χ3n) is 7.43. The number of hydrogen-bond donors (Lipinski definition) is 2. The van der Waals surface area contributed by atoms with E-state index in [1.54, 1.807) is 0 Å². The van der Waals surface area contributed by atoms with Crippen molar-refractivity contribution < 1.29 is 9.53 Å². The fraction of sp³-hybridized carbons (Fsp3) is 0.500. The molecule has 2 aliphatic heterocycles. The number of ether oxygens (including phenoxy) is 1. The second-order valence-corrected chi connectivity index (χ2v) is 11.3. The zero-order chi connectivity index (χ0) is 25.8. The van der Waals surface area contributed by atoms with Crippen LogP contribution in [0, 0.1) is 0 Å². The van der Waals surface area contributed by atoms with Gasteiger partial charge in [-0.3, -0.25) is 4.90 Å². The van der Waals surface area contributed by atoms with Gasteiger partial charge in [0, 0.05) is 80.7 Å². The van der Waals surface area contributed by atoms with E-state index in [2.05, 4.69) is 74.7 Å². The number of rotatable bonds is 6. The molecule has 3 heterocycles. The van der Waals surface area contributed by atoms with E-state index in [4.69, 9.17) is 4.74 Å². The molecule has 0 unspecified atom stereocenters. The lowest BCUT2D eigenvalue weighted by atomic mass is 10.0. The molecule has 5 rings (SSSR count). The maximum absolute atomic E-state index is 12.3. The second kappa shape index (κ2) is 11.2. The van der Waals surface area contributed by atoms with Crippen LogP contribution in [0.15, 0.2) is 54.6 Å². The van der Waals surface area contributed by atoms with E-state index >= 15 is 0 Å². The highest BCUT2D eigenvalue weighted by Gasteiger charge is 2.26. The molecule has 0 spiro atoms. The molecule has 3 aromatic rings. The van der Waals surface area contributed by atoms with Crippen molar-refractivity contribution in [1.29, 1.82) is 0 Å². The van der Waals surface area contributed by atoms with Crippen molar-refractivity contribution >= 4 is 22.7 Å². The van der Waals surface area contributed by atoms with Crippen molar-refractivity contribution in [3.63, 3.8) is 0 Å². The minimum absolute atomic E-state index is 0.191. The number of fused-ring (bicyclic) bond motifs is 1. The molecule has 37 heavy (non-hydrogen) atoms. The van der Waals surface area contributed by atoms with Gasteiger partial charge >= 0.3 is 6.09 Å². The molecule has 7 heteroatoms. The Morgan fingerprint density at radius 3 is 2.46 bits per heavy atom. The van der Waals surface area contributed by atoms with E-state index in [-0.39, 0.29) is 6.09 Å². The molecular formula is C30H41N5O2. The summed E-state index contributed by atoms with van der Waals surface area (Å²) in [6, 6.07) is 20.2. The average Bonchev–Trinajstić information content (AvgIpc) is 3.33. The summed E-state index contributed by atoms with van der Waals surface area (Å²) in [6.45, 7) is 13.2. The quantitative estimate of drug-likeness (QED) is 0.499. The van der Waals surface area contributed by atoms with E-state index < -0.39 is 5.60 Å². The average molecular weight is 504 g/mol. The lowest BCUT2D eigenvalue weighted by Gasteiger charge is -2.37. The molecule has 2 saturated heterocycles. The molecule has 0 radical (unpaired) electrons. The van der Waals surface area contributed by atoms with Crippen LogP contribution in [0.5, 0.6) is 0 Å². The number of piperazine rings is 1. The van der Waals surface area contributed by atoms with Crippen LogP contribution in [-0.2, 0) is 4.74 Å². The molecule has 1 aromatic heterocycles. The highest BCUT2D eigenvalue weighted by molar-refractivity contribution is 5.86. The number of benzene rings is 2.